The number of fused-ring (bicyclic) bond motifs is 1. The first-order chi connectivity index (χ1) is 10.2. The maximum Gasteiger partial charge on any atom is 0.410 e. The van der Waals surface area contributed by atoms with Crippen LogP contribution in [-0.4, -0.2) is 25.8 Å². The molecule has 6 heteroatoms. The Morgan fingerprint density at radius 3 is 2.95 bits per heavy atom. The van der Waals surface area contributed by atoms with Gasteiger partial charge in [0.15, 0.2) is 11.5 Å². The lowest BCUT2D eigenvalue weighted by Crippen LogP contribution is -2.08. The van der Waals surface area contributed by atoms with Gasteiger partial charge >= 0.3 is 6.09 Å². The van der Waals surface area contributed by atoms with Crippen molar-refractivity contribution in [3.8, 4) is 0 Å². The molecule has 0 aromatic carbocycles. The standard InChI is InChI=1S/C15H18N4O2/c20-15(21)17-13-12(8-7-11-5-2-1-3-6-11)14-16-9-4-10-19(14)18-13/h4,7-11H,1-3,5-6H2,(H,17,18)(H,20,21). The van der Waals surface area contributed by atoms with E-state index in [0.29, 0.717) is 17.4 Å². The van der Waals surface area contributed by atoms with E-state index in [9.17, 15) is 4.79 Å². The molecule has 1 aliphatic carbocycles. The van der Waals surface area contributed by atoms with E-state index >= 15 is 0 Å². The van der Waals surface area contributed by atoms with Gasteiger partial charge in [0, 0.05) is 12.4 Å². The second-order valence-corrected chi connectivity index (χ2v) is 5.34. The van der Waals surface area contributed by atoms with E-state index in [0.717, 1.165) is 5.56 Å². The zero-order valence-electron chi connectivity index (χ0n) is 11.7. The number of nitrogens with one attached hydrogen (secondary N) is 1. The first kappa shape index (κ1) is 13.6. The molecule has 0 saturated heterocycles. The zero-order chi connectivity index (χ0) is 14.7. The summed E-state index contributed by atoms with van der Waals surface area (Å²) in [5.74, 6) is 0.892. The van der Waals surface area contributed by atoms with Crippen molar-refractivity contribution >= 4 is 23.6 Å². The van der Waals surface area contributed by atoms with Crippen LogP contribution in [0.1, 0.15) is 37.7 Å². The molecule has 2 aromatic rings. The number of anilines is 1. The van der Waals surface area contributed by atoms with E-state index in [1.807, 2.05) is 6.08 Å². The Balaban J connectivity index is 1.94. The fraction of sp³-hybridized carbons (Fsp3) is 0.400. The number of amides is 1. The van der Waals surface area contributed by atoms with E-state index in [1.165, 1.54) is 32.1 Å². The van der Waals surface area contributed by atoms with Gasteiger partial charge in [-0.25, -0.2) is 14.3 Å². The normalized spacial score (nSPS) is 16.6. The maximum atomic E-state index is 10.9. The lowest BCUT2D eigenvalue weighted by Gasteiger charge is -2.17. The molecule has 6 nitrogen and oxygen atoms in total. The number of allylic oxidation sites excluding steroid dienone is 1. The van der Waals surface area contributed by atoms with Crippen molar-refractivity contribution in [1.29, 1.82) is 0 Å². The summed E-state index contributed by atoms with van der Waals surface area (Å²) in [6, 6.07) is 1.76. The first-order valence-corrected chi connectivity index (χ1v) is 7.25. The van der Waals surface area contributed by atoms with Gasteiger partial charge in [-0.1, -0.05) is 31.4 Å². The van der Waals surface area contributed by atoms with Gasteiger partial charge in [0.2, 0.25) is 0 Å². The molecule has 0 unspecified atom stereocenters. The van der Waals surface area contributed by atoms with Gasteiger partial charge in [0.05, 0.1) is 5.56 Å². The first-order valence-electron chi connectivity index (χ1n) is 7.25. The van der Waals surface area contributed by atoms with Crippen LogP contribution in [0.3, 0.4) is 0 Å². The Bertz CT molecular complexity index is 671. The molecule has 1 aliphatic rings. The summed E-state index contributed by atoms with van der Waals surface area (Å²) < 4.78 is 1.59. The van der Waals surface area contributed by atoms with Crippen LogP contribution in [0.15, 0.2) is 24.5 Å². The molecule has 2 aromatic heterocycles. The number of carboxylic acid groups (broad SMARTS) is 1. The Morgan fingerprint density at radius 2 is 2.19 bits per heavy atom. The number of nitrogens with zero attached hydrogens (tertiary/aromatic N) is 3. The van der Waals surface area contributed by atoms with Crippen LogP contribution in [0.5, 0.6) is 0 Å². The van der Waals surface area contributed by atoms with Crippen molar-refractivity contribution in [2.75, 3.05) is 5.32 Å². The van der Waals surface area contributed by atoms with Crippen LogP contribution in [0, 0.1) is 5.92 Å². The molecule has 1 saturated carbocycles. The van der Waals surface area contributed by atoms with Crippen LogP contribution in [0.25, 0.3) is 11.7 Å². The number of aromatic nitrogens is 3. The second kappa shape index (κ2) is 5.95. The van der Waals surface area contributed by atoms with Crippen molar-refractivity contribution in [3.05, 3.63) is 30.1 Å². The van der Waals surface area contributed by atoms with E-state index in [4.69, 9.17) is 5.11 Å². The van der Waals surface area contributed by atoms with E-state index < -0.39 is 6.09 Å². The summed E-state index contributed by atoms with van der Waals surface area (Å²) >= 11 is 0. The Morgan fingerprint density at radius 1 is 1.38 bits per heavy atom. The van der Waals surface area contributed by atoms with Gasteiger partial charge in [0.1, 0.15) is 0 Å². The summed E-state index contributed by atoms with van der Waals surface area (Å²) in [7, 11) is 0. The fourth-order valence-electron chi connectivity index (χ4n) is 2.81. The number of hydrogen-bond acceptors (Lipinski definition) is 3. The lowest BCUT2D eigenvalue weighted by atomic mass is 9.89. The van der Waals surface area contributed by atoms with Crippen LogP contribution in [0.4, 0.5) is 10.6 Å². The zero-order valence-corrected chi connectivity index (χ0v) is 11.7. The summed E-state index contributed by atoms with van der Waals surface area (Å²) in [6.45, 7) is 0. The average Bonchev–Trinajstić information content (AvgIpc) is 2.82. The van der Waals surface area contributed by atoms with Crippen molar-refractivity contribution in [1.82, 2.24) is 14.6 Å². The highest BCUT2D eigenvalue weighted by Gasteiger charge is 2.15. The Hall–Kier alpha value is -2.37. The molecule has 21 heavy (non-hydrogen) atoms. The Kier molecular flexibility index (Phi) is 3.85. The van der Waals surface area contributed by atoms with Gasteiger partial charge in [-0.3, -0.25) is 5.32 Å². The van der Waals surface area contributed by atoms with Crippen molar-refractivity contribution in [2.24, 2.45) is 5.92 Å². The van der Waals surface area contributed by atoms with Crippen LogP contribution < -0.4 is 5.32 Å². The molecular formula is C15H18N4O2. The van der Waals surface area contributed by atoms with E-state index in [-0.39, 0.29) is 0 Å². The molecule has 0 atom stereocenters. The summed E-state index contributed by atoms with van der Waals surface area (Å²) in [5.41, 5.74) is 1.39. The predicted octanol–water partition coefficient (Wildman–Crippen LogP) is 3.41. The molecule has 2 heterocycles. The molecule has 2 N–H and O–H groups in total. The highest BCUT2D eigenvalue weighted by Crippen LogP contribution is 2.27. The van der Waals surface area contributed by atoms with Gasteiger partial charge < -0.3 is 5.11 Å². The number of carbonyl (C=O) groups is 1. The van der Waals surface area contributed by atoms with Crippen LogP contribution in [0.2, 0.25) is 0 Å². The molecule has 3 rings (SSSR count). The minimum absolute atomic E-state index is 0.327. The Labute approximate surface area is 122 Å². The quantitative estimate of drug-likeness (QED) is 0.906. The largest absolute Gasteiger partial charge is 0.465 e. The highest BCUT2D eigenvalue weighted by atomic mass is 16.4. The van der Waals surface area contributed by atoms with Crippen LogP contribution >= 0.6 is 0 Å². The molecule has 0 spiro atoms. The summed E-state index contributed by atoms with van der Waals surface area (Å²) in [5, 5.41) is 15.5. The molecule has 0 aliphatic heterocycles. The predicted molar refractivity (Wildman–Crippen MR) is 80.2 cm³/mol. The monoisotopic (exact) mass is 286 g/mol. The minimum Gasteiger partial charge on any atom is -0.465 e. The molecule has 0 bridgehead atoms. The molecule has 0 radical (unpaired) electrons. The van der Waals surface area contributed by atoms with Crippen molar-refractivity contribution in [3.63, 3.8) is 0 Å². The number of hydrogen-bond donors (Lipinski definition) is 2. The molecule has 1 amide bonds. The van der Waals surface area contributed by atoms with Gasteiger partial charge in [-0.05, 0) is 24.8 Å². The topological polar surface area (TPSA) is 79.5 Å². The average molecular weight is 286 g/mol. The van der Waals surface area contributed by atoms with Crippen LogP contribution in [-0.2, 0) is 0 Å². The second-order valence-electron chi connectivity index (χ2n) is 5.34. The fourth-order valence-corrected chi connectivity index (χ4v) is 2.81. The molecule has 1 fully saturated rings. The third kappa shape index (κ3) is 3.04. The summed E-state index contributed by atoms with van der Waals surface area (Å²) in [4.78, 5) is 15.2. The number of rotatable bonds is 3. The van der Waals surface area contributed by atoms with E-state index in [2.05, 4.69) is 21.5 Å². The minimum atomic E-state index is -1.12. The van der Waals surface area contributed by atoms with Gasteiger partial charge in [-0.2, -0.15) is 0 Å². The third-order valence-corrected chi connectivity index (χ3v) is 3.84. The summed E-state index contributed by atoms with van der Waals surface area (Å²) in [6.07, 6.45) is 12.7. The molecule has 110 valence electrons. The van der Waals surface area contributed by atoms with Gasteiger partial charge in [0.25, 0.3) is 0 Å². The maximum absolute atomic E-state index is 10.9. The molecular weight excluding hydrogens is 268 g/mol. The smallest absolute Gasteiger partial charge is 0.410 e. The van der Waals surface area contributed by atoms with Crippen molar-refractivity contribution in [2.45, 2.75) is 32.1 Å². The highest BCUT2D eigenvalue weighted by molar-refractivity contribution is 5.88. The van der Waals surface area contributed by atoms with Crippen molar-refractivity contribution < 1.29 is 9.90 Å². The SMILES string of the molecule is O=C(O)Nc1nn2cccnc2c1C=CC1CCCCC1. The van der Waals surface area contributed by atoms with Gasteiger partial charge in [-0.15, -0.1) is 5.10 Å². The lowest BCUT2D eigenvalue weighted by molar-refractivity contribution is 0.209. The van der Waals surface area contributed by atoms with E-state index in [1.54, 1.807) is 23.0 Å². The third-order valence-electron chi connectivity index (χ3n) is 3.84.